The summed E-state index contributed by atoms with van der Waals surface area (Å²) >= 11 is 0. The first-order chi connectivity index (χ1) is 23.2. The quantitative estimate of drug-likeness (QED) is 0.146. The molecule has 0 atom stereocenters. The van der Waals surface area contributed by atoms with Crippen molar-refractivity contribution >= 4 is 70.7 Å². The number of hydrogen-bond acceptors (Lipinski definition) is 4. The molecule has 5 heteroatoms. The molecule has 47 heavy (non-hydrogen) atoms. The molecule has 5 nitrogen and oxygen atoms in total. The minimum Gasteiger partial charge on any atom is -0.268 e. The molecule has 0 N–H and O–H groups in total. The van der Waals surface area contributed by atoms with Crippen molar-refractivity contribution in [3.63, 3.8) is 0 Å². The van der Waals surface area contributed by atoms with Crippen LogP contribution in [0.5, 0.6) is 0 Å². The SMILES string of the molecule is O=c1c2c(-c3ccccc3)nc(-c3ccc4c5ccccc5c5ccccc5c4c3)nc2nc2c3ccccc3c3ccccc3n12. The van der Waals surface area contributed by atoms with Gasteiger partial charge < -0.3 is 0 Å². The van der Waals surface area contributed by atoms with E-state index in [0.717, 1.165) is 38.2 Å². The maximum atomic E-state index is 14.7. The Morgan fingerprint density at radius 3 is 1.64 bits per heavy atom. The Morgan fingerprint density at radius 1 is 0.426 bits per heavy atom. The molecule has 3 heterocycles. The first kappa shape index (κ1) is 25.8. The molecule has 3 aromatic heterocycles. The van der Waals surface area contributed by atoms with Crippen LogP contribution >= 0.6 is 0 Å². The molecular formula is C42H24N4O. The van der Waals surface area contributed by atoms with E-state index in [-0.39, 0.29) is 5.56 Å². The van der Waals surface area contributed by atoms with Crippen LogP contribution in [0.1, 0.15) is 0 Å². The van der Waals surface area contributed by atoms with Crippen LogP contribution in [0.4, 0.5) is 0 Å². The Kier molecular flexibility index (Phi) is 5.37. The summed E-state index contributed by atoms with van der Waals surface area (Å²) in [5.41, 5.74) is 3.84. The minimum atomic E-state index is -0.187. The van der Waals surface area contributed by atoms with Crippen molar-refractivity contribution in [1.82, 2.24) is 19.4 Å². The number of pyridine rings is 1. The average molecular weight is 601 g/mol. The van der Waals surface area contributed by atoms with Crippen molar-refractivity contribution in [2.24, 2.45) is 0 Å². The van der Waals surface area contributed by atoms with E-state index in [4.69, 9.17) is 15.0 Å². The predicted octanol–water partition coefficient (Wildman–Crippen LogP) is 9.74. The highest BCUT2D eigenvalue weighted by Crippen LogP contribution is 2.37. The van der Waals surface area contributed by atoms with Crippen molar-refractivity contribution in [1.29, 1.82) is 0 Å². The summed E-state index contributed by atoms with van der Waals surface area (Å²) in [5.74, 6) is 0.525. The molecule has 218 valence electrons. The highest BCUT2D eigenvalue weighted by atomic mass is 16.1. The van der Waals surface area contributed by atoms with E-state index in [2.05, 4.69) is 78.9 Å². The van der Waals surface area contributed by atoms with Crippen LogP contribution in [0, 0.1) is 0 Å². The third-order valence-electron chi connectivity index (χ3n) is 9.38. The smallest absolute Gasteiger partial charge is 0.268 e. The van der Waals surface area contributed by atoms with E-state index >= 15 is 0 Å². The predicted molar refractivity (Wildman–Crippen MR) is 193 cm³/mol. The molecule has 0 bridgehead atoms. The van der Waals surface area contributed by atoms with Crippen molar-refractivity contribution in [3.8, 4) is 22.6 Å². The van der Waals surface area contributed by atoms with Gasteiger partial charge >= 0.3 is 0 Å². The number of fused-ring (bicyclic) bond motifs is 13. The number of hydrogen-bond donors (Lipinski definition) is 0. The van der Waals surface area contributed by atoms with Gasteiger partial charge in [0.1, 0.15) is 5.39 Å². The fourth-order valence-electron chi connectivity index (χ4n) is 7.28. The van der Waals surface area contributed by atoms with Gasteiger partial charge in [-0.3, -0.25) is 9.20 Å². The van der Waals surface area contributed by atoms with Crippen molar-refractivity contribution in [3.05, 3.63) is 156 Å². The van der Waals surface area contributed by atoms with E-state index in [0.29, 0.717) is 28.2 Å². The summed E-state index contributed by atoms with van der Waals surface area (Å²) < 4.78 is 1.72. The van der Waals surface area contributed by atoms with Gasteiger partial charge in [-0.2, -0.15) is 0 Å². The Labute approximate surface area is 268 Å². The zero-order chi connectivity index (χ0) is 31.1. The Balaban J connectivity index is 1.34. The van der Waals surface area contributed by atoms with Crippen LogP contribution in [-0.2, 0) is 0 Å². The van der Waals surface area contributed by atoms with E-state index in [9.17, 15) is 4.79 Å². The van der Waals surface area contributed by atoms with Gasteiger partial charge in [0.25, 0.3) is 5.56 Å². The molecule has 0 saturated heterocycles. The monoisotopic (exact) mass is 600 g/mol. The second kappa shape index (κ2) is 9.77. The first-order valence-electron chi connectivity index (χ1n) is 15.7. The van der Waals surface area contributed by atoms with E-state index < -0.39 is 0 Å². The molecule has 0 amide bonds. The molecule has 0 saturated carbocycles. The molecule has 10 aromatic rings. The van der Waals surface area contributed by atoms with Gasteiger partial charge in [-0.05, 0) is 49.8 Å². The van der Waals surface area contributed by atoms with Gasteiger partial charge in [-0.1, -0.05) is 133 Å². The second-order valence-electron chi connectivity index (χ2n) is 12.0. The topological polar surface area (TPSA) is 60.2 Å². The summed E-state index contributed by atoms with van der Waals surface area (Å²) in [7, 11) is 0. The van der Waals surface area contributed by atoms with Gasteiger partial charge in [0, 0.05) is 21.9 Å². The first-order valence-corrected chi connectivity index (χ1v) is 15.7. The second-order valence-corrected chi connectivity index (χ2v) is 12.0. The maximum absolute atomic E-state index is 14.7. The lowest BCUT2D eigenvalue weighted by atomic mass is 9.93. The van der Waals surface area contributed by atoms with Gasteiger partial charge in [-0.25, -0.2) is 15.0 Å². The van der Waals surface area contributed by atoms with Crippen LogP contribution < -0.4 is 5.56 Å². The summed E-state index contributed by atoms with van der Waals surface area (Å²) in [5, 5.41) is 10.5. The zero-order valence-electron chi connectivity index (χ0n) is 25.1. The summed E-state index contributed by atoms with van der Waals surface area (Å²) in [6.07, 6.45) is 0. The highest BCUT2D eigenvalue weighted by molar-refractivity contribution is 6.25. The molecule has 0 aliphatic rings. The molecule has 10 rings (SSSR count). The van der Waals surface area contributed by atoms with Crippen molar-refractivity contribution < 1.29 is 0 Å². The van der Waals surface area contributed by atoms with Gasteiger partial charge in [0.15, 0.2) is 17.1 Å². The number of rotatable bonds is 2. The molecule has 0 aliphatic heterocycles. The fourth-order valence-corrected chi connectivity index (χ4v) is 7.28. The van der Waals surface area contributed by atoms with Gasteiger partial charge in [-0.15, -0.1) is 0 Å². The van der Waals surface area contributed by atoms with Crippen LogP contribution in [-0.4, -0.2) is 19.4 Å². The third-order valence-corrected chi connectivity index (χ3v) is 9.38. The third kappa shape index (κ3) is 3.71. The molecule has 0 unspecified atom stereocenters. The molecule has 0 fully saturated rings. The molecule has 0 radical (unpaired) electrons. The number of para-hydroxylation sites is 1. The minimum absolute atomic E-state index is 0.187. The largest absolute Gasteiger partial charge is 0.270 e. The lowest BCUT2D eigenvalue weighted by Gasteiger charge is -2.14. The normalized spacial score (nSPS) is 11.9. The van der Waals surface area contributed by atoms with E-state index in [1.807, 2.05) is 66.7 Å². The summed E-state index contributed by atoms with van der Waals surface area (Å²) in [4.78, 5) is 30.0. The Morgan fingerprint density at radius 2 is 0.957 bits per heavy atom. The number of benzene rings is 7. The number of nitrogens with zero attached hydrogens (tertiary/aromatic N) is 4. The highest BCUT2D eigenvalue weighted by Gasteiger charge is 2.20. The van der Waals surface area contributed by atoms with Crippen molar-refractivity contribution in [2.45, 2.75) is 0 Å². The van der Waals surface area contributed by atoms with Crippen LogP contribution in [0.3, 0.4) is 0 Å². The van der Waals surface area contributed by atoms with Crippen molar-refractivity contribution in [2.75, 3.05) is 0 Å². The summed E-state index contributed by atoms with van der Waals surface area (Å²) in [6.45, 7) is 0. The molecule has 7 aromatic carbocycles. The number of aromatic nitrogens is 4. The van der Waals surface area contributed by atoms with Gasteiger partial charge in [0.05, 0.1) is 11.2 Å². The zero-order valence-corrected chi connectivity index (χ0v) is 25.1. The van der Waals surface area contributed by atoms with E-state index in [1.54, 1.807) is 4.40 Å². The lowest BCUT2D eigenvalue weighted by Crippen LogP contribution is -2.19. The van der Waals surface area contributed by atoms with Crippen LogP contribution in [0.25, 0.3) is 93.3 Å². The molecule has 0 aliphatic carbocycles. The summed E-state index contributed by atoms with van der Waals surface area (Å²) in [6, 6.07) is 49.4. The van der Waals surface area contributed by atoms with Crippen LogP contribution in [0.15, 0.2) is 150 Å². The standard InChI is InChI=1S/C42H24N4O/c47-42-37-38(25-12-2-1-3-13-25)43-39(26-22-23-32-29-16-5-4-14-27(29)28-15-6-7-17-30(28)35(32)24-26)44-40(37)45-41-34-20-9-8-18-31(34)33-19-10-11-21-36(33)46(41)42/h1-24H. The Bertz CT molecular complexity index is 2950. The molecular weight excluding hydrogens is 576 g/mol. The maximum Gasteiger partial charge on any atom is 0.270 e. The van der Waals surface area contributed by atoms with E-state index in [1.165, 1.54) is 26.9 Å². The van der Waals surface area contributed by atoms with Gasteiger partial charge in [0.2, 0.25) is 0 Å². The fraction of sp³-hybridized carbons (Fsp3) is 0. The average Bonchev–Trinajstić information content (AvgIpc) is 3.14. The Hall–Kier alpha value is -6.46. The van der Waals surface area contributed by atoms with Crippen LogP contribution in [0.2, 0.25) is 0 Å². The molecule has 0 spiro atoms. The lowest BCUT2D eigenvalue weighted by molar-refractivity contribution is 1.10.